The summed E-state index contributed by atoms with van der Waals surface area (Å²) in [5, 5.41) is 0. The highest BCUT2D eigenvalue weighted by molar-refractivity contribution is 9.10. The Labute approximate surface area is 127 Å². The fraction of sp³-hybridized carbons (Fsp3) is 0.462. The molecule has 20 heavy (non-hydrogen) atoms. The minimum atomic E-state index is -3.34. The second-order valence-corrected chi connectivity index (χ2v) is 8.29. The Balaban J connectivity index is 2.69. The van der Waals surface area contributed by atoms with E-state index >= 15 is 0 Å². The number of carbonyl (C=O) groups is 1. The maximum Gasteiger partial charge on any atom is 0.175 e. The Hall–Kier alpha value is -1.08. The summed E-state index contributed by atoms with van der Waals surface area (Å²) in [5.74, 6) is 0.544. The van der Waals surface area contributed by atoms with E-state index in [0.717, 1.165) is 12.5 Å². The number of sulfone groups is 1. The molecule has 1 aliphatic heterocycles. The van der Waals surface area contributed by atoms with Crippen molar-refractivity contribution in [1.29, 1.82) is 0 Å². The van der Waals surface area contributed by atoms with Gasteiger partial charge in [0.1, 0.15) is 17.9 Å². The number of fused-ring (bicyclic) bond motifs is 1. The Morgan fingerprint density at radius 3 is 2.50 bits per heavy atom. The third-order valence-corrected chi connectivity index (χ3v) is 5.11. The van der Waals surface area contributed by atoms with Crippen LogP contribution in [0.25, 0.3) is 0 Å². The van der Waals surface area contributed by atoms with E-state index in [1.165, 1.54) is 12.1 Å². The van der Waals surface area contributed by atoms with Crippen molar-refractivity contribution in [3.8, 4) is 5.75 Å². The van der Waals surface area contributed by atoms with Crippen molar-refractivity contribution in [3.63, 3.8) is 0 Å². The Kier molecular flexibility index (Phi) is 3.62. The van der Waals surface area contributed by atoms with Gasteiger partial charge in [0.2, 0.25) is 0 Å². The van der Waals surface area contributed by atoms with E-state index in [2.05, 4.69) is 15.9 Å². The van der Waals surface area contributed by atoms with Crippen LogP contribution in [0.4, 0.5) is 5.69 Å². The standard InChI is InChI=1S/C13H16BrNO4S/c1-13(2)11(7-16)15(3)10-6-8(20(4,17)18)5-9(14)12(10)19-13/h5-7,11H,1-4H3. The number of likely N-dealkylation sites (N-methyl/N-ethyl adjacent to an activating group) is 1. The molecule has 0 radical (unpaired) electrons. The highest BCUT2D eigenvalue weighted by Gasteiger charge is 2.41. The van der Waals surface area contributed by atoms with Crippen LogP contribution in [0.2, 0.25) is 0 Å². The lowest BCUT2D eigenvalue weighted by molar-refractivity contribution is -0.113. The van der Waals surface area contributed by atoms with Gasteiger partial charge in [0.05, 0.1) is 15.1 Å². The number of rotatable bonds is 2. The quantitative estimate of drug-likeness (QED) is 0.754. The van der Waals surface area contributed by atoms with Gasteiger partial charge in [-0.2, -0.15) is 0 Å². The van der Waals surface area contributed by atoms with Crippen molar-refractivity contribution in [2.45, 2.75) is 30.4 Å². The van der Waals surface area contributed by atoms with Crippen molar-refractivity contribution in [2.24, 2.45) is 0 Å². The number of anilines is 1. The number of carbonyl (C=O) groups excluding carboxylic acids is 1. The monoisotopic (exact) mass is 361 g/mol. The van der Waals surface area contributed by atoms with Crippen molar-refractivity contribution < 1.29 is 17.9 Å². The number of ether oxygens (including phenoxy) is 1. The predicted molar refractivity (Wildman–Crippen MR) is 80.2 cm³/mol. The van der Waals surface area contributed by atoms with Gasteiger partial charge in [0, 0.05) is 13.3 Å². The predicted octanol–water partition coefficient (Wildman–Crippen LogP) is 2.03. The smallest absolute Gasteiger partial charge is 0.175 e. The summed E-state index contributed by atoms with van der Waals surface area (Å²) in [6.45, 7) is 3.64. The summed E-state index contributed by atoms with van der Waals surface area (Å²) in [4.78, 5) is 13.2. The highest BCUT2D eigenvalue weighted by atomic mass is 79.9. The van der Waals surface area contributed by atoms with Gasteiger partial charge in [0.25, 0.3) is 0 Å². The zero-order valence-corrected chi connectivity index (χ0v) is 14.1. The number of aldehydes is 1. The molecule has 1 unspecified atom stereocenters. The van der Waals surface area contributed by atoms with Crippen molar-refractivity contribution in [1.82, 2.24) is 0 Å². The first kappa shape index (κ1) is 15.3. The number of nitrogens with zero attached hydrogens (tertiary/aromatic N) is 1. The molecule has 1 aromatic rings. The zero-order valence-electron chi connectivity index (χ0n) is 11.7. The van der Waals surface area contributed by atoms with Gasteiger partial charge in [0.15, 0.2) is 15.6 Å². The van der Waals surface area contributed by atoms with Gasteiger partial charge in [-0.3, -0.25) is 0 Å². The first-order chi connectivity index (χ1) is 9.08. The van der Waals surface area contributed by atoms with Crippen molar-refractivity contribution in [3.05, 3.63) is 16.6 Å². The second kappa shape index (κ2) is 4.73. The van der Waals surface area contributed by atoms with Gasteiger partial charge >= 0.3 is 0 Å². The molecule has 1 heterocycles. The molecule has 1 atom stereocenters. The van der Waals surface area contributed by atoms with E-state index in [1.807, 2.05) is 13.8 Å². The van der Waals surface area contributed by atoms with Crippen molar-refractivity contribution >= 4 is 37.7 Å². The maximum atomic E-state index is 11.7. The number of benzene rings is 1. The summed E-state index contributed by atoms with van der Waals surface area (Å²) in [5.41, 5.74) is -0.116. The zero-order chi connectivity index (χ0) is 15.3. The van der Waals surface area contributed by atoms with Gasteiger partial charge in [-0.15, -0.1) is 0 Å². The van der Waals surface area contributed by atoms with Crippen LogP contribution in [0.5, 0.6) is 5.75 Å². The van der Waals surface area contributed by atoms with Gasteiger partial charge in [-0.05, 0) is 41.9 Å². The molecule has 0 amide bonds. The Bertz CT molecular complexity index is 669. The molecule has 0 aromatic heterocycles. The summed E-state index contributed by atoms with van der Waals surface area (Å²) in [6, 6.07) is 2.55. The van der Waals surface area contributed by atoms with Crippen LogP contribution in [0.1, 0.15) is 13.8 Å². The first-order valence-electron chi connectivity index (χ1n) is 5.98. The minimum Gasteiger partial charge on any atom is -0.482 e. The third kappa shape index (κ3) is 2.44. The molecule has 1 aliphatic rings. The largest absolute Gasteiger partial charge is 0.482 e. The van der Waals surface area contributed by atoms with E-state index in [9.17, 15) is 13.2 Å². The molecule has 110 valence electrons. The minimum absolute atomic E-state index is 0.183. The summed E-state index contributed by atoms with van der Waals surface area (Å²) < 4.78 is 29.8. The third-order valence-electron chi connectivity index (χ3n) is 3.43. The molecule has 0 saturated carbocycles. The van der Waals surface area contributed by atoms with E-state index in [1.54, 1.807) is 11.9 Å². The first-order valence-corrected chi connectivity index (χ1v) is 8.67. The molecular formula is C13H16BrNO4S. The summed E-state index contributed by atoms with van der Waals surface area (Å²) >= 11 is 3.34. The molecule has 0 N–H and O–H groups in total. The fourth-order valence-electron chi connectivity index (χ4n) is 2.33. The highest BCUT2D eigenvalue weighted by Crippen LogP contribution is 2.45. The fourth-order valence-corrected chi connectivity index (χ4v) is 3.67. The van der Waals surface area contributed by atoms with Crippen molar-refractivity contribution in [2.75, 3.05) is 18.2 Å². The molecule has 7 heteroatoms. The average Bonchev–Trinajstić information content (AvgIpc) is 2.29. The molecule has 0 fully saturated rings. The van der Waals surface area contributed by atoms with E-state index in [0.29, 0.717) is 15.9 Å². The van der Waals surface area contributed by atoms with Gasteiger partial charge < -0.3 is 14.4 Å². The lowest BCUT2D eigenvalue weighted by Gasteiger charge is -2.44. The van der Waals surface area contributed by atoms with Crippen LogP contribution in [-0.2, 0) is 14.6 Å². The van der Waals surface area contributed by atoms with Crippen LogP contribution < -0.4 is 9.64 Å². The normalized spacial score (nSPS) is 21.1. The second-order valence-electron chi connectivity index (χ2n) is 5.42. The number of halogens is 1. The molecular weight excluding hydrogens is 346 g/mol. The van der Waals surface area contributed by atoms with E-state index in [4.69, 9.17) is 4.74 Å². The Morgan fingerprint density at radius 1 is 1.40 bits per heavy atom. The molecule has 0 bridgehead atoms. The number of hydrogen-bond donors (Lipinski definition) is 0. The van der Waals surface area contributed by atoms with Crippen LogP contribution in [0, 0.1) is 0 Å². The van der Waals surface area contributed by atoms with E-state index < -0.39 is 21.5 Å². The van der Waals surface area contributed by atoms with E-state index in [-0.39, 0.29) is 4.90 Å². The van der Waals surface area contributed by atoms with Crippen LogP contribution >= 0.6 is 15.9 Å². The van der Waals surface area contributed by atoms with Crippen LogP contribution in [0.3, 0.4) is 0 Å². The Morgan fingerprint density at radius 2 is 2.00 bits per heavy atom. The lowest BCUT2D eigenvalue weighted by atomic mass is 9.95. The number of hydrogen-bond acceptors (Lipinski definition) is 5. The van der Waals surface area contributed by atoms with Gasteiger partial charge in [-0.25, -0.2) is 8.42 Å². The average molecular weight is 362 g/mol. The topological polar surface area (TPSA) is 63.7 Å². The molecule has 0 spiro atoms. The molecule has 5 nitrogen and oxygen atoms in total. The maximum absolute atomic E-state index is 11.7. The summed E-state index contributed by atoms with van der Waals surface area (Å²) in [7, 11) is -1.59. The molecule has 2 rings (SSSR count). The van der Waals surface area contributed by atoms with Gasteiger partial charge in [-0.1, -0.05) is 0 Å². The van der Waals surface area contributed by atoms with Crippen LogP contribution in [-0.4, -0.2) is 39.7 Å². The molecule has 1 aromatic carbocycles. The van der Waals surface area contributed by atoms with Crippen LogP contribution in [0.15, 0.2) is 21.5 Å². The molecule has 0 aliphatic carbocycles. The molecule has 0 saturated heterocycles. The summed E-state index contributed by atoms with van der Waals surface area (Å²) in [6.07, 6.45) is 1.95. The lowest BCUT2D eigenvalue weighted by Crippen LogP contribution is -2.55. The SMILES string of the molecule is CN1c2cc(S(C)(=O)=O)cc(Br)c2OC(C)(C)C1C=O.